The van der Waals surface area contributed by atoms with Crippen LogP contribution in [-0.4, -0.2) is 41.5 Å². The molecular formula is C12H17N3O2. The molecular weight excluding hydrogens is 218 g/mol. The van der Waals surface area contributed by atoms with Crippen molar-refractivity contribution in [2.24, 2.45) is 0 Å². The first-order chi connectivity index (χ1) is 8.09. The highest BCUT2D eigenvalue weighted by atomic mass is 16.2. The summed E-state index contributed by atoms with van der Waals surface area (Å²) in [5, 5.41) is 3.21. The van der Waals surface area contributed by atoms with E-state index in [1.165, 1.54) is 0 Å². The lowest BCUT2D eigenvalue weighted by Crippen LogP contribution is -2.53. The van der Waals surface area contributed by atoms with Gasteiger partial charge >= 0.3 is 0 Å². The Bertz CT molecular complexity index is 481. The Hall–Kier alpha value is -1.62. The summed E-state index contributed by atoms with van der Waals surface area (Å²) in [4.78, 5) is 28.3. The Labute approximate surface area is 99.8 Å². The van der Waals surface area contributed by atoms with Crippen molar-refractivity contribution in [3.8, 4) is 0 Å². The molecule has 0 aromatic carbocycles. The van der Waals surface area contributed by atoms with E-state index >= 15 is 0 Å². The molecule has 1 saturated heterocycles. The second kappa shape index (κ2) is 4.71. The van der Waals surface area contributed by atoms with Crippen LogP contribution in [0.2, 0.25) is 0 Å². The fourth-order valence-electron chi connectivity index (χ4n) is 2.04. The summed E-state index contributed by atoms with van der Waals surface area (Å²) in [6.07, 6.45) is 0. The van der Waals surface area contributed by atoms with Gasteiger partial charge in [-0.25, -0.2) is 0 Å². The Morgan fingerprint density at radius 3 is 2.88 bits per heavy atom. The Kier molecular flexibility index (Phi) is 3.28. The highest BCUT2D eigenvalue weighted by Gasteiger charge is 2.25. The molecule has 0 unspecified atom stereocenters. The molecule has 5 heteroatoms. The van der Waals surface area contributed by atoms with Gasteiger partial charge in [-0.05, 0) is 26.0 Å². The number of amides is 1. The van der Waals surface area contributed by atoms with Gasteiger partial charge in [0.2, 0.25) is 0 Å². The highest BCUT2D eigenvalue weighted by Crippen LogP contribution is 2.07. The number of rotatable bonds is 1. The molecule has 2 heterocycles. The largest absolute Gasteiger partial charge is 0.333 e. The lowest BCUT2D eigenvalue weighted by Gasteiger charge is -2.33. The molecule has 0 spiro atoms. The van der Waals surface area contributed by atoms with E-state index in [4.69, 9.17) is 0 Å². The number of aromatic nitrogens is 1. The molecule has 0 saturated carbocycles. The van der Waals surface area contributed by atoms with Crippen LogP contribution in [0.4, 0.5) is 0 Å². The van der Waals surface area contributed by atoms with Crippen molar-refractivity contribution < 1.29 is 4.79 Å². The zero-order valence-corrected chi connectivity index (χ0v) is 10.1. The standard InChI is InChI=1S/C12H17N3O2/c1-8-3-4-10(11(16)14-8)12(17)15-6-5-13-7-9(15)2/h3-4,9,13H,5-7H2,1-2H3,(H,14,16)/t9-/m1/s1. The van der Waals surface area contributed by atoms with E-state index in [1.807, 2.05) is 6.92 Å². The van der Waals surface area contributed by atoms with Crippen LogP contribution >= 0.6 is 0 Å². The number of nitrogens with zero attached hydrogens (tertiary/aromatic N) is 1. The average Bonchev–Trinajstić information content (AvgIpc) is 2.29. The van der Waals surface area contributed by atoms with E-state index in [0.717, 1.165) is 18.8 Å². The summed E-state index contributed by atoms with van der Waals surface area (Å²) in [7, 11) is 0. The zero-order valence-electron chi connectivity index (χ0n) is 10.1. The fraction of sp³-hybridized carbons (Fsp3) is 0.500. The maximum Gasteiger partial charge on any atom is 0.260 e. The van der Waals surface area contributed by atoms with Crippen LogP contribution in [-0.2, 0) is 0 Å². The quantitative estimate of drug-likeness (QED) is 0.726. The summed E-state index contributed by atoms with van der Waals surface area (Å²) in [5.74, 6) is -0.180. The second-order valence-corrected chi connectivity index (χ2v) is 4.44. The van der Waals surface area contributed by atoms with Crippen LogP contribution in [0.5, 0.6) is 0 Å². The highest BCUT2D eigenvalue weighted by molar-refractivity contribution is 5.94. The lowest BCUT2D eigenvalue weighted by atomic mass is 10.1. The van der Waals surface area contributed by atoms with Crippen molar-refractivity contribution in [2.75, 3.05) is 19.6 Å². The molecule has 1 fully saturated rings. The van der Waals surface area contributed by atoms with E-state index in [0.29, 0.717) is 6.54 Å². The molecule has 1 aromatic heterocycles. The minimum Gasteiger partial charge on any atom is -0.333 e. The number of piperazine rings is 1. The molecule has 0 radical (unpaired) electrons. The fourth-order valence-corrected chi connectivity index (χ4v) is 2.04. The summed E-state index contributed by atoms with van der Waals surface area (Å²) < 4.78 is 0. The molecule has 2 rings (SSSR count). The van der Waals surface area contributed by atoms with E-state index in [-0.39, 0.29) is 23.1 Å². The number of aryl methyl sites for hydroxylation is 1. The van der Waals surface area contributed by atoms with Gasteiger partial charge in [-0.2, -0.15) is 0 Å². The molecule has 17 heavy (non-hydrogen) atoms. The third-order valence-electron chi connectivity index (χ3n) is 3.05. The summed E-state index contributed by atoms with van der Waals surface area (Å²) >= 11 is 0. The van der Waals surface area contributed by atoms with Crippen LogP contribution in [0.15, 0.2) is 16.9 Å². The van der Waals surface area contributed by atoms with Gasteiger partial charge in [-0.15, -0.1) is 0 Å². The summed E-state index contributed by atoms with van der Waals surface area (Å²) in [5.41, 5.74) is 0.685. The average molecular weight is 235 g/mol. The number of hydrogen-bond donors (Lipinski definition) is 2. The van der Waals surface area contributed by atoms with Gasteiger partial charge in [0, 0.05) is 31.4 Å². The van der Waals surface area contributed by atoms with E-state index < -0.39 is 0 Å². The second-order valence-electron chi connectivity index (χ2n) is 4.44. The normalized spacial score (nSPS) is 20.4. The predicted molar refractivity (Wildman–Crippen MR) is 65.2 cm³/mol. The van der Waals surface area contributed by atoms with Gasteiger partial charge in [0.25, 0.3) is 11.5 Å². The lowest BCUT2D eigenvalue weighted by molar-refractivity contribution is 0.0654. The third kappa shape index (κ3) is 2.39. The van der Waals surface area contributed by atoms with Crippen LogP contribution < -0.4 is 10.9 Å². The van der Waals surface area contributed by atoms with Crippen molar-refractivity contribution in [3.63, 3.8) is 0 Å². The van der Waals surface area contributed by atoms with Gasteiger partial charge in [0.15, 0.2) is 0 Å². The van der Waals surface area contributed by atoms with Crippen LogP contribution in [0.3, 0.4) is 0 Å². The molecule has 1 amide bonds. The van der Waals surface area contributed by atoms with Gasteiger partial charge in [0.05, 0.1) is 0 Å². The van der Waals surface area contributed by atoms with Crippen molar-refractivity contribution in [1.82, 2.24) is 15.2 Å². The number of carbonyl (C=O) groups excluding carboxylic acids is 1. The van der Waals surface area contributed by atoms with Crippen LogP contribution in [0, 0.1) is 6.92 Å². The molecule has 1 aliphatic heterocycles. The van der Waals surface area contributed by atoms with Crippen LogP contribution in [0.1, 0.15) is 23.0 Å². The monoisotopic (exact) mass is 235 g/mol. The molecule has 0 bridgehead atoms. The molecule has 1 aromatic rings. The minimum absolute atomic E-state index is 0.122. The predicted octanol–water partition coefficient (Wildman–Crippen LogP) is 0.117. The third-order valence-corrected chi connectivity index (χ3v) is 3.05. The Morgan fingerprint density at radius 2 is 2.24 bits per heavy atom. The summed E-state index contributed by atoms with van der Waals surface area (Å²) in [6.45, 7) is 5.97. The van der Waals surface area contributed by atoms with E-state index in [1.54, 1.807) is 24.0 Å². The van der Waals surface area contributed by atoms with Gasteiger partial charge in [-0.1, -0.05) is 0 Å². The Morgan fingerprint density at radius 1 is 1.47 bits per heavy atom. The van der Waals surface area contributed by atoms with Gasteiger partial charge in [0.1, 0.15) is 5.56 Å². The number of H-pyrrole nitrogens is 1. The maximum absolute atomic E-state index is 12.2. The molecule has 5 nitrogen and oxygen atoms in total. The SMILES string of the molecule is Cc1ccc(C(=O)N2CCNC[C@H]2C)c(=O)[nH]1. The zero-order chi connectivity index (χ0) is 12.4. The van der Waals surface area contributed by atoms with Crippen molar-refractivity contribution in [2.45, 2.75) is 19.9 Å². The molecule has 1 atom stereocenters. The molecule has 1 aliphatic rings. The number of carbonyl (C=O) groups is 1. The molecule has 2 N–H and O–H groups in total. The van der Waals surface area contributed by atoms with Crippen molar-refractivity contribution in [1.29, 1.82) is 0 Å². The van der Waals surface area contributed by atoms with Gasteiger partial charge in [-0.3, -0.25) is 9.59 Å². The van der Waals surface area contributed by atoms with Crippen molar-refractivity contribution >= 4 is 5.91 Å². The maximum atomic E-state index is 12.2. The van der Waals surface area contributed by atoms with E-state index in [9.17, 15) is 9.59 Å². The number of nitrogens with one attached hydrogen (secondary N) is 2. The molecule has 0 aliphatic carbocycles. The number of pyridine rings is 1. The first-order valence-electron chi connectivity index (χ1n) is 5.81. The first kappa shape index (κ1) is 11.9. The smallest absolute Gasteiger partial charge is 0.260 e. The number of hydrogen-bond acceptors (Lipinski definition) is 3. The topological polar surface area (TPSA) is 65.2 Å². The molecule has 92 valence electrons. The van der Waals surface area contributed by atoms with Crippen LogP contribution in [0.25, 0.3) is 0 Å². The van der Waals surface area contributed by atoms with E-state index in [2.05, 4.69) is 10.3 Å². The first-order valence-corrected chi connectivity index (χ1v) is 5.81. The Balaban J connectivity index is 2.27. The number of aromatic amines is 1. The van der Waals surface area contributed by atoms with Crippen molar-refractivity contribution in [3.05, 3.63) is 33.7 Å². The van der Waals surface area contributed by atoms with Gasteiger partial charge < -0.3 is 15.2 Å². The minimum atomic E-state index is -0.305. The summed E-state index contributed by atoms with van der Waals surface area (Å²) in [6, 6.07) is 3.48.